The van der Waals surface area contributed by atoms with Crippen LogP contribution in [0.5, 0.6) is 0 Å². The molecule has 0 aliphatic rings. The van der Waals surface area contributed by atoms with Crippen LogP contribution in [0.2, 0.25) is 0 Å². The predicted octanol–water partition coefficient (Wildman–Crippen LogP) is 3.32. The van der Waals surface area contributed by atoms with Crippen LogP contribution in [0.1, 0.15) is 22.3 Å². The van der Waals surface area contributed by atoms with Gasteiger partial charge in [0.25, 0.3) is 5.91 Å². The molecule has 0 aliphatic heterocycles. The SMILES string of the molecule is Cc1ccc(-c2cc(C(=O)NCCCO)c3ccccc3n2)cc1. The molecule has 4 nitrogen and oxygen atoms in total. The Balaban J connectivity index is 2.05. The molecule has 24 heavy (non-hydrogen) atoms. The fourth-order valence-corrected chi connectivity index (χ4v) is 2.61. The Morgan fingerprint density at radius 2 is 1.88 bits per heavy atom. The zero-order chi connectivity index (χ0) is 16.9. The second kappa shape index (κ2) is 7.23. The van der Waals surface area contributed by atoms with Crippen molar-refractivity contribution in [2.75, 3.05) is 13.2 Å². The van der Waals surface area contributed by atoms with Crippen LogP contribution in [0, 0.1) is 6.92 Å². The molecule has 2 N–H and O–H groups in total. The maximum atomic E-state index is 12.6. The number of rotatable bonds is 5. The largest absolute Gasteiger partial charge is 0.396 e. The maximum Gasteiger partial charge on any atom is 0.252 e. The summed E-state index contributed by atoms with van der Waals surface area (Å²) in [7, 11) is 0. The first-order valence-corrected chi connectivity index (χ1v) is 8.05. The molecule has 0 saturated heterocycles. The van der Waals surface area contributed by atoms with Gasteiger partial charge in [0.2, 0.25) is 0 Å². The Morgan fingerprint density at radius 1 is 1.12 bits per heavy atom. The average Bonchev–Trinajstić information content (AvgIpc) is 2.61. The van der Waals surface area contributed by atoms with E-state index in [2.05, 4.69) is 5.32 Å². The molecule has 3 rings (SSSR count). The summed E-state index contributed by atoms with van der Waals surface area (Å²) in [6.07, 6.45) is 0.541. The lowest BCUT2D eigenvalue weighted by atomic mass is 10.0. The first kappa shape index (κ1) is 16.1. The van der Waals surface area contributed by atoms with Crippen LogP contribution in [0.15, 0.2) is 54.6 Å². The van der Waals surface area contributed by atoms with Crippen molar-refractivity contribution in [2.45, 2.75) is 13.3 Å². The standard InChI is InChI=1S/C20H20N2O2/c1-14-7-9-15(10-8-14)19-13-17(20(24)21-11-4-12-23)16-5-2-3-6-18(16)22-19/h2-3,5-10,13,23H,4,11-12H2,1H3,(H,21,24). The molecule has 122 valence electrons. The minimum atomic E-state index is -0.143. The van der Waals surface area contributed by atoms with E-state index in [1.807, 2.05) is 61.5 Å². The number of pyridine rings is 1. The number of aliphatic hydroxyl groups excluding tert-OH is 1. The van der Waals surface area contributed by atoms with Crippen molar-refractivity contribution in [3.63, 3.8) is 0 Å². The number of amides is 1. The molecule has 0 unspecified atom stereocenters. The highest BCUT2D eigenvalue weighted by atomic mass is 16.3. The molecule has 0 saturated carbocycles. The van der Waals surface area contributed by atoms with Crippen molar-refractivity contribution in [3.8, 4) is 11.3 Å². The van der Waals surface area contributed by atoms with E-state index in [1.54, 1.807) is 0 Å². The smallest absolute Gasteiger partial charge is 0.252 e. The third kappa shape index (κ3) is 3.44. The van der Waals surface area contributed by atoms with Crippen molar-refractivity contribution in [2.24, 2.45) is 0 Å². The Bertz CT molecular complexity index is 857. The fraction of sp³-hybridized carbons (Fsp3) is 0.200. The van der Waals surface area contributed by atoms with Crippen LogP contribution in [-0.4, -0.2) is 29.1 Å². The summed E-state index contributed by atoms with van der Waals surface area (Å²) in [5, 5.41) is 12.6. The van der Waals surface area contributed by atoms with E-state index in [1.165, 1.54) is 5.56 Å². The van der Waals surface area contributed by atoms with E-state index in [4.69, 9.17) is 10.1 Å². The summed E-state index contributed by atoms with van der Waals surface area (Å²) < 4.78 is 0. The topological polar surface area (TPSA) is 62.2 Å². The van der Waals surface area contributed by atoms with E-state index in [0.717, 1.165) is 22.2 Å². The number of aromatic nitrogens is 1. The fourth-order valence-electron chi connectivity index (χ4n) is 2.61. The normalized spacial score (nSPS) is 10.8. The summed E-state index contributed by atoms with van der Waals surface area (Å²) in [4.78, 5) is 17.2. The highest BCUT2D eigenvalue weighted by molar-refractivity contribution is 6.07. The minimum absolute atomic E-state index is 0.0615. The number of para-hydroxylation sites is 1. The first-order valence-electron chi connectivity index (χ1n) is 8.05. The van der Waals surface area contributed by atoms with Gasteiger partial charge in [-0.1, -0.05) is 48.0 Å². The minimum Gasteiger partial charge on any atom is -0.396 e. The van der Waals surface area contributed by atoms with Crippen molar-refractivity contribution < 1.29 is 9.90 Å². The quantitative estimate of drug-likeness (QED) is 0.709. The van der Waals surface area contributed by atoms with Crippen molar-refractivity contribution in [1.29, 1.82) is 0 Å². The molecular formula is C20H20N2O2. The van der Waals surface area contributed by atoms with Crippen LogP contribution >= 0.6 is 0 Å². The van der Waals surface area contributed by atoms with Gasteiger partial charge in [-0.05, 0) is 25.5 Å². The molecule has 1 aromatic heterocycles. The lowest BCUT2D eigenvalue weighted by molar-refractivity contribution is 0.0953. The van der Waals surface area contributed by atoms with E-state index >= 15 is 0 Å². The second-order valence-electron chi connectivity index (χ2n) is 5.77. The van der Waals surface area contributed by atoms with Crippen LogP contribution in [-0.2, 0) is 0 Å². The first-order chi connectivity index (χ1) is 11.7. The van der Waals surface area contributed by atoms with E-state index in [9.17, 15) is 4.79 Å². The maximum absolute atomic E-state index is 12.6. The van der Waals surface area contributed by atoms with Gasteiger partial charge in [-0.25, -0.2) is 4.98 Å². The van der Waals surface area contributed by atoms with Crippen LogP contribution < -0.4 is 5.32 Å². The van der Waals surface area contributed by atoms with Crippen LogP contribution in [0.4, 0.5) is 0 Å². The molecule has 0 radical (unpaired) electrons. The number of benzene rings is 2. The van der Waals surface area contributed by atoms with Gasteiger partial charge in [-0.3, -0.25) is 4.79 Å². The molecule has 2 aromatic carbocycles. The number of hydrogen-bond donors (Lipinski definition) is 2. The number of fused-ring (bicyclic) bond motifs is 1. The monoisotopic (exact) mass is 320 g/mol. The predicted molar refractivity (Wildman–Crippen MR) is 96.0 cm³/mol. The van der Waals surface area contributed by atoms with Crippen molar-refractivity contribution >= 4 is 16.8 Å². The second-order valence-corrected chi connectivity index (χ2v) is 5.77. The van der Waals surface area contributed by atoms with Gasteiger partial charge in [0.1, 0.15) is 0 Å². The molecule has 0 fully saturated rings. The molecule has 0 spiro atoms. The van der Waals surface area contributed by atoms with Gasteiger partial charge in [0.05, 0.1) is 16.8 Å². The molecule has 0 bridgehead atoms. The van der Waals surface area contributed by atoms with E-state index < -0.39 is 0 Å². The highest BCUT2D eigenvalue weighted by Gasteiger charge is 2.13. The van der Waals surface area contributed by atoms with Gasteiger partial charge in [0.15, 0.2) is 0 Å². The molecule has 0 aliphatic carbocycles. The number of aliphatic hydroxyl groups is 1. The number of aryl methyl sites for hydroxylation is 1. The number of nitrogens with zero attached hydrogens (tertiary/aromatic N) is 1. The molecule has 1 heterocycles. The van der Waals surface area contributed by atoms with E-state index in [0.29, 0.717) is 18.5 Å². The number of carbonyl (C=O) groups excluding carboxylic acids is 1. The summed E-state index contributed by atoms with van der Waals surface area (Å²) in [6.45, 7) is 2.55. The van der Waals surface area contributed by atoms with Gasteiger partial charge < -0.3 is 10.4 Å². The Morgan fingerprint density at radius 3 is 2.62 bits per heavy atom. The van der Waals surface area contributed by atoms with E-state index in [-0.39, 0.29) is 12.5 Å². The van der Waals surface area contributed by atoms with Crippen molar-refractivity contribution in [1.82, 2.24) is 10.3 Å². The van der Waals surface area contributed by atoms with Crippen LogP contribution in [0.25, 0.3) is 22.2 Å². The molecule has 1 amide bonds. The Labute approximate surface area is 141 Å². The lowest BCUT2D eigenvalue weighted by Gasteiger charge is -2.10. The lowest BCUT2D eigenvalue weighted by Crippen LogP contribution is -2.25. The molecule has 4 heteroatoms. The Kier molecular flexibility index (Phi) is 4.87. The molecule has 3 aromatic rings. The zero-order valence-corrected chi connectivity index (χ0v) is 13.6. The molecule has 0 atom stereocenters. The van der Waals surface area contributed by atoms with Gasteiger partial charge >= 0.3 is 0 Å². The van der Waals surface area contributed by atoms with Crippen LogP contribution in [0.3, 0.4) is 0 Å². The van der Waals surface area contributed by atoms with Gasteiger partial charge in [-0.15, -0.1) is 0 Å². The molecular weight excluding hydrogens is 300 g/mol. The van der Waals surface area contributed by atoms with Gasteiger partial charge in [0, 0.05) is 24.1 Å². The number of nitrogens with one attached hydrogen (secondary N) is 1. The van der Waals surface area contributed by atoms with Crippen molar-refractivity contribution in [3.05, 3.63) is 65.7 Å². The van der Waals surface area contributed by atoms with Gasteiger partial charge in [-0.2, -0.15) is 0 Å². The summed E-state index contributed by atoms with van der Waals surface area (Å²) in [5.41, 5.74) is 4.34. The summed E-state index contributed by atoms with van der Waals surface area (Å²) in [5.74, 6) is -0.143. The summed E-state index contributed by atoms with van der Waals surface area (Å²) >= 11 is 0. The third-order valence-electron chi connectivity index (χ3n) is 3.93. The highest BCUT2D eigenvalue weighted by Crippen LogP contribution is 2.25. The zero-order valence-electron chi connectivity index (χ0n) is 13.6. The number of hydrogen-bond acceptors (Lipinski definition) is 3. The third-order valence-corrected chi connectivity index (χ3v) is 3.93. The number of carbonyl (C=O) groups is 1. The summed E-state index contributed by atoms with van der Waals surface area (Å²) in [6, 6.07) is 17.6. The average molecular weight is 320 g/mol. The Hall–Kier alpha value is -2.72.